The van der Waals surface area contributed by atoms with E-state index in [0.29, 0.717) is 6.54 Å². The molecule has 1 unspecified atom stereocenters. The molecule has 0 amide bonds. The first-order chi connectivity index (χ1) is 13.0. The first-order valence-corrected chi connectivity index (χ1v) is 8.83. The Morgan fingerprint density at radius 1 is 1.15 bits per heavy atom. The number of rotatable bonds is 8. The van der Waals surface area contributed by atoms with Crippen LogP contribution < -0.4 is 14.8 Å². The monoisotopic (exact) mass is 375 g/mol. The predicted molar refractivity (Wildman–Crippen MR) is 100 cm³/mol. The van der Waals surface area contributed by atoms with Gasteiger partial charge in [0.2, 0.25) is 0 Å². The third-order valence-electron chi connectivity index (χ3n) is 4.44. The van der Waals surface area contributed by atoms with Gasteiger partial charge in [-0.15, -0.1) is 0 Å². The fourth-order valence-electron chi connectivity index (χ4n) is 3.13. The molecule has 2 aromatic carbocycles. The van der Waals surface area contributed by atoms with Crippen LogP contribution in [0.15, 0.2) is 42.5 Å². The molecule has 3 rings (SSSR count). The lowest BCUT2D eigenvalue weighted by Gasteiger charge is -2.16. The van der Waals surface area contributed by atoms with Crippen molar-refractivity contribution in [3.8, 4) is 11.5 Å². The van der Waals surface area contributed by atoms with Gasteiger partial charge >= 0.3 is 6.61 Å². The quantitative estimate of drug-likeness (QED) is 0.629. The van der Waals surface area contributed by atoms with Gasteiger partial charge in [-0.3, -0.25) is 0 Å². The number of para-hydroxylation sites is 2. The maximum Gasteiger partial charge on any atom is 0.387 e. The van der Waals surface area contributed by atoms with Gasteiger partial charge in [0, 0.05) is 13.1 Å². The summed E-state index contributed by atoms with van der Waals surface area (Å²) in [5, 5.41) is 3.43. The van der Waals surface area contributed by atoms with Crippen molar-refractivity contribution in [3.05, 3.63) is 53.9 Å². The fourth-order valence-corrected chi connectivity index (χ4v) is 3.13. The zero-order valence-electron chi connectivity index (χ0n) is 15.6. The molecule has 1 N–H and O–H groups in total. The van der Waals surface area contributed by atoms with E-state index >= 15 is 0 Å². The number of aryl methyl sites for hydroxylation is 1. The Kier molecular flexibility index (Phi) is 5.91. The highest BCUT2D eigenvalue weighted by Gasteiger charge is 2.16. The number of nitrogens with zero attached hydrogens (tertiary/aromatic N) is 2. The second kappa shape index (κ2) is 8.35. The van der Waals surface area contributed by atoms with E-state index in [9.17, 15) is 8.78 Å². The second-order valence-corrected chi connectivity index (χ2v) is 6.17. The number of ether oxygens (including phenoxy) is 2. The zero-order valence-corrected chi connectivity index (χ0v) is 15.6. The maximum atomic E-state index is 12.4. The third kappa shape index (κ3) is 4.19. The van der Waals surface area contributed by atoms with Crippen LogP contribution in [-0.2, 0) is 13.1 Å². The number of imidazole rings is 1. The zero-order chi connectivity index (χ0) is 19.4. The Labute approximate surface area is 156 Å². The number of aromatic nitrogens is 2. The van der Waals surface area contributed by atoms with Crippen LogP contribution in [0, 0.1) is 0 Å². The summed E-state index contributed by atoms with van der Waals surface area (Å²) in [6, 6.07) is 13.0. The summed E-state index contributed by atoms with van der Waals surface area (Å²) < 4.78 is 36.7. The highest BCUT2D eigenvalue weighted by molar-refractivity contribution is 5.76. The Morgan fingerprint density at radius 2 is 1.93 bits per heavy atom. The summed E-state index contributed by atoms with van der Waals surface area (Å²) in [6.45, 7) is 2.63. The minimum atomic E-state index is -2.88. The molecule has 0 fully saturated rings. The average Bonchev–Trinajstić information content (AvgIpc) is 3.05. The molecule has 0 saturated carbocycles. The standard InChI is InChI=1S/C20H23F2N3O2/c1-4-25-16-8-6-5-7-15(16)24-19(25)13(2)23-12-14-9-10-17(27-20(21)22)18(11-14)26-3/h5-11,13,20,23H,4,12H2,1-3H3. The number of fused-ring (bicyclic) bond motifs is 1. The van der Waals surface area contributed by atoms with Crippen molar-refractivity contribution in [2.24, 2.45) is 0 Å². The van der Waals surface area contributed by atoms with Crippen LogP contribution in [0.1, 0.15) is 31.3 Å². The molecule has 3 aromatic rings. The number of alkyl halides is 2. The SMILES string of the molecule is CCn1c(C(C)NCc2ccc(OC(F)F)c(OC)c2)nc2ccccc21. The first-order valence-electron chi connectivity index (χ1n) is 8.83. The van der Waals surface area contributed by atoms with Gasteiger partial charge in [0.05, 0.1) is 24.2 Å². The van der Waals surface area contributed by atoms with E-state index in [2.05, 4.69) is 34.5 Å². The lowest BCUT2D eigenvalue weighted by molar-refractivity contribution is -0.0512. The molecule has 0 aliphatic heterocycles. The summed E-state index contributed by atoms with van der Waals surface area (Å²) in [7, 11) is 1.43. The molecule has 1 heterocycles. The van der Waals surface area contributed by atoms with E-state index < -0.39 is 6.61 Å². The van der Waals surface area contributed by atoms with E-state index in [4.69, 9.17) is 9.72 Å². The predicted octanol–water partition coefficient (Wildman–Crippen LogP) is 4.52. The number of hydrogen-bond acceptors (Lipinski definition) is 4. The first kappa shape index (κ1) is 19.1. The summed E-state index contributed by atoms with van der Waals surface area (Å²) in [4.78, 5) is 4.75. The second-order valence-electron chi connectivity index (χ2n) is 6.17. The highest BCUT2D eigenvalue weighted by atomic mass is 19.3. The van der Waals surface area contributed by atoms with Crippen molar-refractivity contribution >= 4 is 11.0 Å². The molecule has 0 aliphatic carbocycles. The Bertz CT molecular complexity index is 911. The average molecular weight is 375 g/mol. The van der Waals surface area contributed by atoms with Crippen LogP contribution in [0.5, 0.6) is 11.5 Å². The van der Waals surface area contributed by atoms with Crippen molar-refractivity contribution in [3.63, 3.8) is 0 Å². The number of nitrogens with one attached hydrogen (secondary N) is 1. The number of hydrogen-bond donors (Lipinski definition) is 1. The van der Waals surface area contributed by atoms with E-state index in [-0.39, 0.29) is 17.5 Å². The summed E-state index contributed by atoms with van der Waals surface area (Å²) in [5.41, 5.74) is 2.98. The van der Waals surface area contributed by atoms with Crippen LogP contribution in [0.25, 0.3) is 11.0 Å². The Hall–Kier alpha value is -2.67. The normalized spacial score (nSPS) is 12.5. The number of benzene rings is 2. The van der Waals surface area contributed by atoms with Gasteiger partial charge in [-0.2, -0.15) is 8.78 Å². The molecule has 0 radical (unpaired) electrons. The van der Waals surface area contributed by atoms with Crippen LogP contribution in [0.3, 0.4) is 0 Å². The smallest absolute Gasteiger partial charge is 0.387 e. The molecule has 0 spiro atoms. The Morgan fingerprint density at radius 3 is 2.63 bits per heavy atom. The molecule has 144 valence electrons. The fraction of sp³-hybridized carbons (Fsp3) is 0.350. The number of methoxy groups -OCH3 is 1. The van der Waals surface area contributed by atoms with Gasteiger partial charge in [-0.05, 0) is 43.7 Å². The topological polar surface area (TPSA) is 48.3 Å². The molecule has 0 saturated heterocycles. The van der Waals surface area contributed by atoms with Gasteiger partial charge < -0.3 is 19.4 Å². The van der Waals surface area contributed by atoms with Crippen molar-refractivity contribution in [2.45, 2.75) is 39.6 Å². The Balaban J connectivity index is 1.75. The van der Waals surface area contributed by atoms with Gasteiger partial charge in [0.15, 0.2) is 11.5 Å². The molecular weight excluding hydrogens is 352 g/mol. The van der Waals surface area contributed by atoms with Crippen LogP contribution in [0.2, 0.25) is 0 Å². The molecule has 0 bridgehead atoms. The van der Waals surface area contributed by atoms with Gasteiger partial charge in [0.25, 0.3) is 0 Å². The lowest BCUT2D eigenvalue weighted by atomic mass is 10.2. The minimum absolute atomic E-state index is 0.0142. The van der Waals surface area contributed by atoms with Crippen LogP contribution in [0.4, 0.5) is 8.78 Å². The molecule has 1 aromatic heterocycles. The molecule has 5 nitrogen and oxygen atoms in total. The highest BCUT2D eigenvalue weighted by Crippen LogP contribution is 2.29. The van der Waals surface area contributed by atoms with Crippen LogP contribution in [-0.4, -0.2) is 23.3 Å². The molecule has 0 aliphatic rings. The van der Waals surface area contributed by atoms with E-state index in [1.807, 2.05) is 18.2 Å². The number of halogens is 2. The molecule has 27 heavy (non-hydrogen) atoms. The van der Waals surface area contributed by atoms with Crippen LogP contribution >= 0.6 is 0 Å². The van der Waals surface area contributed by atoms with Gasteiger partial charge in [0.1, 0.15) is 5.82 Å². The van der Waals surface area contributed by atoms with Gasteiger partial charge in [-0.25, -0.2) is 4.98 Å². The van der Waals surface area contributed by atoms with Crippen molar-refractivity contribution in [1.82, 2.24) is 14.9 Å². The minimum Gasteiger partial charge on any atom is -0.493 e. The third-order valence-corrected chi connectivity index (χ3v) is 4.44. The summed E-state index contributed by atoms with van der Waals surface area (Å²) in [5.74, 6) is 1.27. The van der Waals surface area contributed by atoms with E-state index in [1.165, 1.54) is 13.2 Å². The lowest BCUT2D eigenvalue weighted by Crippen LogP contribution is -2.21. The van der Waals surface area contributed by atoms with Crippen molar-refractivity contribution in [1.29, 1.82) is 0 Å². The molecule has 7 heteroatoms. The molecular formula is C20H23F2N3O2. The summed E-state index contributed by atoms with van der Waals surface area (Å²) >= 11 is 0. The van der Waals surface area contributed by atoms with Gasteiger partial charge in [-0.1, -0.05) is 18.2 Å². The maximum absolute atomic E-state index is 12.4. The van der Waals surface area contributed by atoms with Crippen molar-refractivity contribution < 1.29 is 18.3 Å². The van der Waals surface area contributed by atoms with E-state index in [1.54, 1.807) is 12.1 Å². The largest absolute Gasteiger partial charge is 0.493 e. The molecule has 1 atom stereocenters. The van der Waals surface area contributed by atoms with E-state index in [0.717, 1.165) is 29.0 Å². The van der Waals surface area contributed by atoms with Crippen molar-refractivity contribution in [2.75, 3.05) is 7.11 Å². The summed E-state index contributed by atoms with van der Waals surface area (Å²) in [6.07, 6.45) is 0.